The van der Waals surface area contributed by atoms with Gasteiger partial charge in [0.15, 0.2) is 5.16 Å². The van der Waals surface area contributed by atoms with Crippen LogP contribution >= 0.6 is 23.1 Å². The SMILES string of the molecule is Cc1cc(C)nc(Sc2ccc(NC(=O)CCNC(=O)c3cccs3)cc2)n1. The molecular weight excluding hydrogens is 392 g/mol. The molecule has 0 saturated heterocycles. The van der Waals surface area contributed by atoms with Crippen LogP contribution in [-0.2, 0) is 4.79 Å². The minimum absolute atomic E-state index is 0.149. The lowest BCUT2D eigenvalue weighted by Gasteiger charge is -2.07. The van der Waals surface area contributed by atoms with Crippen LogP contribution in [0.5, 0.6) is 0 Å². The maximum Gasteiger partial charge on any atom is 0.261 e. The third-order valence-corrected chi connectivity index (χ3v) is 5.43. The van der Waals surface area contributed by atoms with Crippen LogP contribution in [-0.4, -0.2) is 28.3 Å². The normalized spacial score (nSPS) is 10.5. The molecule has 0 radical (unpaired) electrons. The summed E-state index contributed by atoms with van der Waals surface area (Å²) in [4.78, 5) is 34.3. The van der Waals surface area contributed by atoms with Crippen molar-refractivity contribution in [1.29, 1.82) is 0 Å². The van der Waals surface area contributed by atoms with Crippen LogP contribution in [0.4, 0.5) is 5.69 Å². The largest absolute Gasteiger partial charge is 0.351 e. The van der Waals surface area contributed by atoms with Crippen LogP contribution in [0, 0.1) is 13.8 Å². The van der Waals surface area contributed by atoms with Gasteiger partial charge in [-0.2, -0.15) is 0 Å². The Morgan fingerprint density at radius 3 is 2.43 bits per heavy atom. The van der Waals surface area contributed by atoms with Crippen molar-refractivity contribution in [3.05, 3.63) is 64.1 Å². The minimum atomic E-state index is -0.155. The van der Waals surface area contributed by atoms with Crippen molar-refractivity contribution in [2.24, 2.45) is 0 Å². The van der Waals surface area contributed by atoms with E-state index in [4.69, 9.17) is 0 Å². The Labute approximate surface area is 171 Å². The van der Waals surface area contributed by atoms with E-state index in [1.807, 2.05) is 55.6 Å². The fourth-order valence-electron chi connectivity index (χ4n) is 2.46. The van der Waals surface area contributed by atoms with Crippen molar-refractivity contribution < 1.29 is 9.59 Å². The number of nitrogens with zero attached hydrogens (tertiary/aromatic N) is 2. The molecule has 0 aliphatic heterocycles. The molecule has 0 bridgehead atoms. The molecule has 8 heteroatoms. The topological polar surface area (TPSA) is 84.0 Å². The Kier molecular flexibility index (Phi) is 6.78. The molecule has 0 saturated carbocycles. The van der Waals surface area contributed by atoms with Crippen LogP contribution in [0.3, 0.4) is 0 Å². The third kappa shape index (κ3) is 5.90. The molecule has 6 nitrogen and oxygen atoms in total. The summed E-state index contributed by atoms with van der Waals surface area (Å²) in [6.07, 6.45) is 0.212. The Bertz CT molecular complexity index is 937. The number of benzene rings is 1. The first-order chi connectivity index (χ1) is 13.5. The average molecular weight is 413 g/mol. The van der Waals surface area contributed by atoms with E-state index in [0.717, 1.165) is 16.3 Å². The number of nitrogens with one attached hydrogen (secondary N) is 2. The highest BCUT2D eigenvalue weighted by molar-refractivity contribution is 7.99. The van der Waals surface area contributed by atoms with E-state index in [0.29, 0.717) is 22.3 Å². The molecule has 144 valence electrons. The molecule has 3 aromatic rings. The van der Waals surface area contributed by atoms with Crippen LogP contribution in [0.15, 0.2) is 57.9 Å². The zero-order valence-electron chi connectivity index (χ0n) is 15.6. The summed E-state index contributed by atoms with van der Waals surface area (Å²) in [6, 6.07) is 13.0. The minimum Gasteiger partial charge on any atom is -0.351 e. The summed E-state index contributed by atoms with van der Waals surface area (Å²) in [6.45, 7) is 4.18. The van der Waals surface area contributed by atoms with Gasteiger partial charge >= 0.3 is 0 Å². The smallest absolute Gasteiger partial charge is 0.261 e. The fraction of sp³-hybridized carbons (Fsp3) is 0.200. The number of rotatable bonds is 7. The molecule has 0 spiro atoms. The Morgan fingerprint density at radius 1 is 1.07 bits per heavy atom. The van der Waals surface area contributed by atoms with Gasteiger partial charge in [-0.1, -0.05) is 6.07 Å². The van der Waals surface area contributed by atoms with Gasteiger partial charge in [0.1, 0.15) is 0 Å². The molecule has 2 N–H and O–H groups in total. The highest BCUT2D eigenvalue weighted by Gasteiger charge is 2.08. The standard InChI is InChI=1S/C20H20N4O2S2/c1-13-12-14(2)23-20(22-13)28-16-7-5-15(6-8-16)24-18(25)9-10-21-19(26)17-4-3-11-27-17/h3-8,11-12H,9-10H2,1-2H3,(H,21,26)(H,24,25). The van der Waals surface area contributed by atoms with Gasteiger partial charge in [-0.3, -0.25) is 9.59 Å². The number of hydrogen-bond acceptors (Lipinski definition) is 6. The summed E-state index contributed by atoms with van der Waals surface area (Å²) < 4.78 is 0. The summed E-state index contributed by atoms with van der Waals surface area (Å²) in [5, 5.41) is 8.12. The lowest BCUT2D eigenvalue weighted by Crippen LogP contribution is -2.27. The van der Waals surface area contributed by atoms with E-state index in [1.54, 1.807) is 6.07 Å². The van der Waals surface area contributed by atoms with Gasteiger partial charge in [0.25, 0.3) is 5.91 Å². The van der Waals surface area contributed by atoms with Gasteiger partial charge in [0.05, 0.1) is 4.88 Å². The van der Waals surface area contributed by atoms with E-state index >= 15 is 0 Å². The van der Waals surface area contributed by atoms with Crippen LogP contribution in [0.2, 0.25) is 0 Å². The Balaban J connectivity index is 1.47. The van der Waals surface area contributed by atoms with Gasteiger partial charge in [-0.15, -0.1) is 11.3 Å². The van der Waals surface area contributed by atoms with Crippen molar-refractivity contribution in [3.63, 3.8) is 0 Å². The second-order valence-electron chi connectivity index (χ2n) is 6.09. The predicted molar refractivity (Wildman–Crippen MR) is 112 cm³/mol. The van der Waals surface area contributed by atoms with E-state index in [1.165, 1.54) is 23.1 Å². The van der Waals surface area contributed by atoms with Gasteiger partial charge in [-0.05, 0) is 67.4 Å². The first kappa shape index (κ1) is 20.0. The second kappa shape index (κ2) is 9.48. The van der Waals surface area contributed by atoms with Gasteiger partial charge in [0.2, 0.25) is 5.91 Å². The fourth-order valence-corrected chi connectivity index (χ4v) is 3.96. The van der Waals surface area contributed by atoms with Crippen LogP contribution in [0.1, 0.15) is 27.5 Å². The highest BCUT2D eigenvalue weighted by Crippen LogP contribution is 2.26. The van der Waals surface area contributed by atoms with E-state index in [-0.39, 0.29) is 18.2 Å². The van der Waals surface area contributed by atoms with Gasteiger partial charge in [-0.25, -0.2) is 9.97 Å². The molecule has 2 heterocycles. The lowest BCUT2D eigenvalue weighted by molar-refractivity contribution is -0.116. The number of carbonyl (C=O) groups excluding carboxylic acids is 2. The highest BCUT2D eigenvalue weighted by atomic mass is 32.2. The number of anilines is 1. The number of carbonyl (C=O) groups is 2. The number of amides is 2. The first-order valence-electron chi connectivity index (χ1n) is 8.71. The molecule has 0 atom stereocenters. The van der Waals surface area contributed by atoms with E-state index in [9.17, 15) is 9.59 Å². The maximum absolute atomic E-state index is 12.0. The van der Waals surface area contributed by atoms with Crippen molar-refractivity contribution in [2.75, 3.05) is 11.9 Å². The van der Waals surface area contributed by atoms with Crippen molar-refractivity contribution in [3.8, 4) is 0 Å². The third-order valence-electron chi connectivity index (χ3n) is 3.69. The molecule has 1 aromatic carbocycles. The molecule has 28 heavy (non-hydrogen) atoms. The van der Waals surface area contributed by atoms with Crippen molar-refractivity contribution in [2.45, 2.75) is 30.3 Å². The van der Waals surface area contributed by atoms with E-state index < -0.39 is 0 Å². The monoisotopic (exact) mass is 412 g/mol. The summed E-state index contributed by atoms with van der Waals surface area (Å²) in [5.41, 5.74) is 2.58. The van der Waals surface area contributed by atoms with Crippen molar-refractivity contribution in [1.82, 2.24) is 15.3 Å². The number of aryl methyl sites for hydroxylation is 2. The zero-order chi connectivity index (χ0) is 19.9. The maximum atomic E-state index is 12.0. The summed E-state index contributed by atoms with van der Waals surface area (Å²) in [7, 11) is 0. The molecule has 3 rings (SSSR count). The van der Waals surface area contributed by atoms with Gasteiger partial charge in [0, 0.05) is 34.9 Å². The Morgan fingerprint density at radius 2 is 1.79 bits per heavy atom. The number of thiophene rings is 1. The van der Waals surface area contributed by atoms with E-state index in [2.05, 4.69) is 20.6 Å². The summed E-state index contributed by atoms with van der Waals surface area (Å²) in [5.74, 6) is -0.303. The quantitative estimate of drug-likeness (QED) is 0.572. The van der Waals surface area contributed by atoms with Gasteiger partial charge < -0.3 is 10.6 Å². The molecular formula is C20H20N4O2S2. The zero-order valence-corrected chi connectivity index (χ0v) is 17.2. The first-order valence-corrected chi connectivity index (χ1v) is 10.4. The number of aromatic nitrogens is 2. The molecule has 0 unspecified atom stereocenters. The van der Waals surface area contributed by atoms with Crippen molar-refractivity contribution >= 4 is 40.6 Å². The average Bonchev–Trinajstić information content (AvgIpc) is 3.17. The number of hydrogen-bond donors (Lipinski definition) is 2. The molecule has 0 fully saturated rings. The lowest BCUT2D eigenvalue weighted by atomic mass is 10.3. The summed E-state index contributed by atoms with van der Waals surface area (Å²) >= 11 is 2.85. The molecule has 0 aliphatic rings. The molecule has 0 aliphatic carbocycles. The predicted octanol–water partition coefficient (Wildman–Crippen LogP) is 4.06. The molecule has 2 amide bonds. The molecule has 2 aromatic heterocycles. The Hall–Kier alpha value is -2.71. The second-order valence-corrected chi connectivity index (χ2v) is 8.08. The van der Waals surface area contributed by atoms with Crippen LogP contribution < -0.4 is 10.6 Å². The van der Waals surface area contributed by atoms with Crippen LogP contribution in [0.25, 0.3) is 0 Å².